The maximum absolute atomic E-state index is 14.0. The number of anilines is 1. The Hall–Kier alpha value is -3.64. The molecule has 0 saturated heterocycles. The molecule has 194 valence electrons. The Labute approximate surface area is 221 Å². The Bertz CT molecular complexity index is 1310. The van der Waals surface area contributed by atoms with Crippen molar-refractivity contribution < 1.29 is 36.6 Å². The molecule has 7 nitrogen and oxygen atoms in total. The van der Waals surface area contributed by atoms with Gasteiger partial charge in [0.2, 0.25) is 0 Å². The van der Waals surface area contributed by atoms with Gasteiger partial charge in [0.05, 0.1) is 28.4 Å². The normalized spacial score (nSPS) is 11.3. The zero-order valence-electron chi connectivity index (χ0n) is 18.8. The number of carbonyl (C=O) groups excluding carboxylic acids is 2. The second-order valence-electron chi connectivity index (χ2n) is 7.25. The lowest BCUT2D eigenvalue weighted by Gasteiger charge is -2.14. The van der Waals surface area contributed by atoms with Crippen molar-refractivity contribution in [2.24, 2.45) is 5.10 Å². The molecule has 2 amide bonds. The van der Waals surface area contributed by atoms with Crippen LogP contribution in [0.2, 0.25) is 5.02 Å². The first-order valence-corrected chi connectivity index (χ1v) is 11.4. The topological polar surface area (TPSA) is 89.0 Å². The Morgan fingerprint density at radius 3 is 2.43 bits per heavy atom. The van der Waals surface area contributed by atoms with Crippen LogP contribution in [0.5, 0.6) is 11.5 Å². The first kappa shape index (κ1) is 27.9. The number of alkyl halides is 3. The van der Waals surface area contributed by atoms with Crippen LogP contribution in [-0.2, 0) is 22.4 Å². The predicted octanol–water partition coefficient (Wildman–Crippen LogP) is 5.94. The highest BCUT2D eigenvalue weighted by molar-refractivity contribution is 9.10. The van der Waals surface area contributed by atoms with Gasteiger partial charge in [0.15, 0.2) is 11.5 Å². The van der Waals surface area contributed by atoms with E-state index in [-0.39, 0.29) is 34.4 Å². The van der Waals surface area contributed by atoms with Crippen LogP contribution in [0.3, 0.4) is 0 Å². The van der Waals surface area contributed by atoms with Crippen molar-refractivity contribution in [2.45, 2.75) is 12.8 Å². The van der Waals surface area contributed by atoms with Gasteiger partial charge in [-0.3, -0.25) is 9.59 Å². The van der Waals surface area contributed by atoms with Crippen LogP contribution in [0.4, 0.5) is 23.2 Å². The molecule has 0 fully saturated rings. The van der Waals surface area contributed by atoms with E-state index >= 15 is 0 Å². The van der Waals surface area contributed by atoms with Crippen LogP contribution >= 0.6 is 27.5 Å². The molecule has 13 heteroatoms. The average molecular weight is 603 g/mol. The lowest BCUT2D eigenvalue weighted by atomic mass is 10.2. The second-order valence-corrected chi connectivity index (χ2v) is 8.51. The lowest BCUT2D eigenvalue weighted by Crippen LogP contribution is -2.32. The minimum atomic E-state index is -4.52. The molecule has 0 radical (unpaired) electrons. The zero-order chi connectivity index (χ0) is 27.2. The number of halogens is 6. The van der Waals surface area contributed by atoms with Gasteiger partial charge < -0.3 is 14.8 Å². The summed E-state index contributed by atoms with van der Waals surface area (Å²) in [5.41, 5.74) is 1.72. The summed E-state index contributed by atoms with van der Waals surface area (Å²) in [6.07, 6.45) is -3.31. The summed E-state index contributed by atoms with van der Waals surface area (Å²) in [4.78, 5) is 23.9. The van der Waals surface area contributed by atoms with E-state index in [4.69, 9.17) is 21.1 Å². The number of rotatable bonds is 7. The van der Waals surface area contributed by atoms with E-state index in [1.165, 1.54) is 37.6 Å². The summed E-state index contributed by atoms with van der Waals surface area (Å²) in [7, 11) is 1.39. The van der Waals surface area contributed by atoms with Crippen LogP contribution in [0, 0.1) is 5.82 Å². The highest BCUT2D eigenvalue weighted by Gasteiger charge is 2.30. The number of carbonyl (C=O) groups is 2. The Morgan fingerprint density at radius 2 is 1.81 bits per heavy atom. The number of ether oxygens (including phenoxy) is 2. The van der Waals surface area contributed by atoms with Crippen LogP contribution in [0.1, 0.15) is 16.7 Å². The second kappa shape index (κ2) is 12.1. The third-order valence-electron chi connectivity index (χ3n) is 4.73. The summed E-state index contributed by atoms with van der Waals surface area (Å²) in [5.74, 6) is -2.28. The Kier molecular flexibility index (Phi) is 9.11. The third-order valence-corrected chi connectivity index (χ3v) is 5.67. The van der Waals surface area contributed by atoms with Crippen LogP contribution in [0.25, 0.3) is 0 Å². The summed E-state index contributed by atoms with van der Waals surface area (Å²) < 4.78 is 63.3. The van der Waals surface area contributed by atoms with E-state index in [0.29, 0.717) is 10.0 Å². The fourth-order valence-electron chi connectivity index (χ4n) is 2.92. The van der Waals surface area contributed by atoms with Crippen LogP contribution in [0.15, 0.2) is 64.2 Å². The van der Waals surface area contributed by atoms with E-state index in [0.717, 1.165) is 24.3 Å². The SMILES string of the molecule is COc1cc(C=NNC(=O)C(=O)Nc2ccc(C(F)(F)F)cc2)cc(Br)c1OCc1c(F)cccc1Cl. The smallest absolute Gasteiger partial charge is 0.416 e. The molecule has 0 spiro atoms. The van der Waals surface area contributed by atoms with Gasteiger partial charge in [-0.05, 0) is 70.0 Å². The number of amides is 2. The number of nitrogens with one attached hydrogen (secondary N) is 2. The molecule has 0 aliphatic carbocycles. The maximum atomic E-state index is 14.0. The molecular weight excluding hydrogens is 586 g/mol. The van der Waals surface area contributed by atoms with Crippen molar-refractivity contribution in [3.63, 3.8) is 0 Å². The molecule has 0 aliphatic rings. The number of benzene rings is 3. The number of hydrogen-bond donors (Lipinski definition) is 2. The van der Waals surface area contributed by atoms with E-state index < -0.39 is 29.4 Å². The van der Waals surface area contributed by atoms with Crippen molar-refractivity contribution >= 4 is 51.2 Å². The first-order valence-electron chi connectivity index (χ1n) is 10.2. The van der Waals surface area contributed by atoms with Gasteiger partial charge in [0.25, 0.3) is 0 Å². The highest BCUT2D eigenvalue weighted by atomic mass is 79.9. The third kappa shape index (κ3) is 7.43. The van der Waals surface area contributed by atoms with Gasteiger partial charge in [-0.25, -0.2) is 9.82 Å². The van der Waals surface area contributed by atoms with Crippen molar-refractivity contribution in [2.75, 3.05) is 12.4 Å². The van der Waals surface area contributed by atoms with E-state index in [2.05, 4.69) is 26.3 Å². The van der Waals surface area contributed by atoms with Crippen molar-refractivity contribution in [1.82, 2.24) is 5.43 Å². The number of nitrogens with zero attached hydrogens (tertiary/aromatic N) is 1. The van der Waals surface area contributed by atoms with E-state index in [1.807, 2.05) is 5.43 Å². The van der Waals surface area contributed by atoms with E-state index in [1.54, 1.807) is 6.07 Å². The van der Waals surface area contributed by atoms with Crippen molar-refractivity contribution in [3.8, 4) is 11.5 Å². The molecule has 2 N–H and O–H groups in total. The first-order chi connectivity index (χ1) is 17.5. The van der Waals surface area contributed by atoms with Gasteiger partial charge in [-0.1, -0.05) is 17.7 Å². The van der Waals surface area contributed by atoms with Crippen molar-refractivity contribution in [3.05, 3.63) is 86.6 Å². The monoisotopic (exact) mass is 601 g/mol. The fraction of sp³-hybridized carbons (Fsp3) is 0.125. The highest BCUT2D eigenvalue weighted by Crippen LogP contribution is 2.37. The largest absolute Gasteiger partial charge is 0.493 e. The standard InChI is InChI=1S/C24H17BrClF4N3O4/c1-36-20-10-13(9-17(25)21(20)37-12-16-18(26)3-2-4-19(16)27)11-31-33-23(35)22(34)32-15-7-5-14(6-8-15)24(28,29)30/h2-11H,12H2,1H3,(H,32,34)(H,33,35). The maximum Gasteiger partial charge on any atom is 0.416 e. The van der Waals surface area contributed by atoms with E-state index in [9.17, 15) is 27.2 Å². The quantitative estimate of drug-likeness (QED) is 0.152. The number of hydrogen-bond acceptors (Lipinski definition) is 5. The molecule has 0 unspecified atom stereocenters. The van der Waals surface area contributed by atoms with Crippen LogP contribution in [-0.4, -0.2) is 25.1 Å². The predicted molar refractivity (Wildman–Crippen MR) is 132 cm³/mol. The number of methoxy groups -OCH3 is 1. The molecule has 0 saturated carbocycles. The average Bonchev–Trinajstić information content (AvgIpc) is 2.84. The fourth-order valence-corrected chi connectivity index (χ4v) is 3.71. The molecule has 0 bridgehead atoms. The van der Waals surface area contributed by atoms with Crippen LogP contribution < -0.4 is 20.2 Å². The minimum Gasteiger partial charge on any atom is -0.493 e. The van der Waals surface area contributed by atoms with Gasteiger partial charge >= 0.3 is 18.0 Å². The molecular formula is C24H17BrClF4N3O4. The Balaban J connectivity index is 1.62. The van der Waals surface area contributed by atoms with Gasteiger partial charge in [-0.2, -0.15) is 18.3 Å². The molecule has 0 aromatic heterocycles. The summed E-state index contributed by atoms with van der Waals surface area (Å²) in [6.45, 7) is -0.169. The zero-order valence-corrected chi connectivity index (χ0v) is 21.2. The molecule has 3 aromatic rings. The molecule has 0 atom stereocenters. The summed E-state index contributed by atoms with van der Waals surface area (Å²) in [5, 5.41) is 6.07. The molecule has 0 aliphatic heterocycles. The molecule has 37 heavy (non-hydrogen) atoms. The summed E-state index contributed by atoms with van der Waals surface area (Å²) >= 11 is 9.36. The van der Waals surface area contributed by atoms with Gasteiger partial charge in [-0.15, -0.1) is 0 Å². The van der Waals surface area contributed by atoms with Gasteiger partial charge in [0.1, 0.15) is 12.4 Å². The molecule has 0 heterocycles. The lowest BCUT2D eigenvalue weighted by molar-refractivity contribution is -0.137. The Morgan fingerprint density at radius 1 is 1.11 bits per heavy atom. The molecule has 3 aromatic carbocycles. The van der Waals surface area contributed by atoms with Gasteiger partial charge in [0, 0.05) is 11.3 Å². The minimum absolute atomic E-state index is 0.00180. The molecule has 3 rings (SSSR count). The summed E-state index contributed by atoms with van der Waals surface area (Å²) in [6, 6.07) is 10.9. The number of hydrazone groups is 1. The van der Waals surface area contributed by atoms with Crippen molar-refractivity contribution in [1.29, 1.82) is 0 Å².